The van der Waals surface area contributed by atoms with Crippen molar-refractivity contribution in [2.75, 3.05) is 26.2 Å². The van der Waals surface area contributed by atoms with Gasteiger partial charge >= 0.3 is 0 Å². The van der Waals surface area contributed by atoms with Crippen molar-refractivity contribution in [2.45, 2.75) is 27.7 Å². The van der Waals surface area contributed by atoms with Crippen LogP contribution in [0.25, 0.3) is 0 Å². The van der Waals surface area contributed by atoms with E-state index >= 15 is 0 Å². The van der Waals surface area contributed by atoms with Crippen molar-refractivity contribution >= 4 is 28.3 Å². The first-order valence-electron chi connectivity index (χ1n) is 4.09. The maximum atomic E-state index is 2.27. The average molecular weight is 209 g/mol. The molecule has 0 amide bonds. The summed E-state index contributed by atoms with van der Waals surface area (Å²) in [5.41, 5.74) is 0. The maximum Gasteiger partial charge on any atom is 0.187 e. The second kappa shape index (κ2) is 11.7. The van der Waals surface area contributed by atoms with Gasteiger partial charge in [-0.3, -0.25) is 0 Å². The lowest BCUT2D eigenvalue weighted by molar-refractivity contribution is -0.921. The number of quaternary nitrogens is 1. The Hall–Kier alpha value is 0.669. The van der Waals surface area contributed by atoms with Crippen molar-refractivity contribution in [1.29, 1.82) is 0 Å². The summed E-state index contributed by atoms with van der Waals surface area (Å²) in [6.07, 6.45) is 0. The van der Waals surface area contributed by atoms with Gasteiger partial charge in [-0.05, 0) is 38.7 Å². The van der Waals surface area contributed by atoms with Crippen LogP contribution in [-0.4, -0.2) is 64.5 Å². The third-order valence-electron chi connectivity index (χ3n) is 2.68. The van der Waals surface area contributed by atoms with Gasteiger partial charge in [-0.1, -0.05) is 0 Å². The second-order valence-corrected chi connectivity index (χ2v) is 2.61. The normalized spacial score (nSPS) is 9.00. The minimum absolute atomic E-state index is 0. The Bertz CT molecular complexity index is 61.9. The van der Waals surface area contributed by atoms with E-state index in [4.69, 9.17) is 0 Å². The van der Waals surface area contributed by atoms with Crippen LogP contribution >= 0.6 is 0 Å². The van der Waals surface area contributed by atoms with Crippen molar-refractivity contribution < 1.29 is 9.96 Å². The highest BCUT2D eigenvalue weighted by atomic mass is 28.1. The van der Waals surface area contributed by atoms with Gasteiger partial charge in [-0.15, -0.1) is 0 Å². The molecule has 0 saturated carbocycles. The SMILES string of the molecule is CC[N+](CC)(CC)CC.[AlH3].[OH-].[SiH4]. The van der Waals surface area contributed by atoms with E-state index in [-0.39, 0.29) is 33.8 Å². The molecule has 0 aliphatic rings. The molecule has 0 aliphatic heterocycles. The summed E-state index contributed by atoms with van der Waals surface area (Å²) in [5.74, 6) is 0. The summed E-state index contributed by atoms with van der Waals surface area (Å²) < 4.78 is 1.28. The van der Waals surface area contributed by atoms with Gasteiger partial charge in [0.25, 0.3) is 0 Å². The van der Waals surface area contributed by atoms with Gasteiger partial charge in [0, 0.05) is 0 Å². The summed E-state index contributed by atoms with van der Waals surface area (Å²) in [7, 11) is 0. The highest BCUT2D eigenvalue weighted by Crippen LogP contribution is 2.03. The van der Waals surface area contributed by atoms with Crippen LogP contribution in [0.2, 0.25) is 0 Å². The molecule has 12 heavy (non-hydrogen) atoms. The standard InChI is InChI=1S/C8H20N.Al.H2O.H4Si.3H/c1-5-9(6-2,7-3)8-4;;;;;;/h5-8H2,1-4H3;;1H2;1H4;;;/q+1;;;;;;/p-1. The Morgan fingerprint density at radius 2 is 0.917 bits per heavy atom. The van der Waals surface area contributed by atoms with Crippen molar-refractivity contribution in [3.05, 3.63) is 0 Å². The second-order valence-electron chi connectivity index (χ2n) is 2.61. The van der Waals surface area contributed by atoms with E-state index in [0.29, 0.717) is 0 Å². The Labute approximate surface area is 92.4 Å². The number of rotatable bonds is 4. The first-order chi connectivity index (χ1) is 4.24. The van der Waals surface area contributed by atoms with Gasteiger partial charge in [-0.2, -0.15) is 0 Å². The molecule has 0 aliphatic carbocycles. The third-order valence-corrected chi connectivity index (χ3v) is 2.68. The van der Waals surface area contributed by atoms with Crippen molar-refractivity contribution in [2.24, 2.45) is 0 Å². The van der Waals surface area contributed by atoms with Crippen LogP contribution in [0.4, 0.5) is 0 Å². The Kier molecular flexibility index (Phi) is 22.3. The lowest BCUT2D eigenvalue weighted by atomic mass is 10.3. The summed E-state index contributed by atoms with van der Waals surface area (Å²) in [6.45, 7) is 14.2. The molecule has 0 unspecified atom stereocenters. The van der Waals surface area contributed by atoms with Gasteiger partial charge in [0.2, 0.25) is 0 Å². The van der Waals surface area contributed by atoms with Crippen LogP contribution < -0.4 is 0 Å². The van der Waals surface area contributed by atoms with Crippen LogP contribution in [-0.2, 0) is 0 Å². The predicted molar refractivity (Wildman–Crippen MR) is 65.6 cm³/mol. The van der Waals surface area contributed by atoms with E-state index < -0.39 is 0 Å². The Morgan fingerprint density at radius 1 is 0.750 bits per heavy atom. The minimum atomic E-state index is 0. The van der Waals surface area contributed by atoms with Crippen molar-refractivity contribution in [3.63, 3.8) is 0 Å². The topological polar surface area (TPSA) is 30.0 Å². The van der Waals surface area contributed by atoms with E-state index in [1.165, 1.54) is 30.7 Å². The lowest BCUT2D eigenvalue weighted by Crippen LogP contribution is -2.47. The number of hydrogen-bond acceptors (Lipinski definition) is 1. The Balaban J connectivity index is -0.000000107. The molecule has 0 aromatic carbocycles. The zero-order chi connectivity index (χ0) is 7.33. The average Bonchev–Trinajstić information content (AvgIpc) is 1.95. The fourth-order valence-corrected chi connectivity index (χ4v) is 1.34. The van der Waals surface area contributed by atoms with Crippen LogP contribution in [0.15, 0.2) is 0 Å². The molecular formula is C8H28AlNOSi. The van der Waals surface area contributed by atoms with E-state index in [1.54, 1.807) is 0 Å². The lowest BCUT2D eigenvalue weighted by Gasteiger charge is -2.34. The molecule has 2 nitrogen and oxygen atoms in total. The highest BCUT2D eigenvalue weighted by molar-refractivity contribution is 5.76. The smallest absolute Gasteiger partial charge is 0.187 e. The van der Waals surface area contributed by atoms with Crippen LogP contribution in [0.5, 0.6) is 0 Å². The molecular weight excluding hydrogens is 181 g/mol. The van der Waals surface area contributed by atoms with Crippen molar-refractivity contribution in [1.82, 2.24) is 0 Å². The fraction of sp³-hybridized carbons (Fsp3) is 1.00. The first kappa shape index (κ1) is 23.0. The van der Waals surface area contributed by atoms with E-state index in [1.807, 2.05) is 0 Å². The molecule has 0 heterocycles. The summed E-state index contributed by atoms with van der Waals surface area (Å²) in [5, 5.41) is 0. The summed E-state index contributed by atoms with van der Waals surface area (Å²) >= 11 is 0. The molecule has 0 saturated heterocycles. The van der Waals surface area contributed by atoms with Gasteiger partial charge in [0.15, 0.2) is 17.4 Å². The van der Waals surface area contributed by atoms with E-state index in [0.717, 1.165) is 0 Å². The van der Waals surface area contributed by atoms with E-state index in [2.05, 4.69) is 27.7 Å². The van der Waals surface area contributed by atoms with Gasteiger partial charge in [-0.25, -0.2) is 0 Å². The molecule has 0 fully saturated rings. The predicted octanol–water partition coefficient (Wildman–Crippen LogP) is -0.930. The Morgan fingerprint density at radius 3 is 0.917 bits per heavy atom. The first-order valence-corrected chi connectivity index (χ1v) is 4.09. The zero-order valence-electron chi connectivity index (χ0n) is 7.72. The van der Waals surface area contributed by atoms with Crippen LogP contribution in [0, 0.1) is 0 Å². The minimum Gasteiger partial charge on any atom is -0.870 e. The molecule has 78 valence electrons. The molecule has 1 N–H and O–H groups in total. The van der Waals surface area contributed by atoms with Crippen LogP contribution in [0.1, 0.15) is 27.7 Å². The molecule has 0 spiro atoms. The monoisotopic (exact) mass is 209 g/mol. The molecule has 0 bridgehead atoms. The zero-order valence-corrected chi connectivity index (χ0v) is 7.72. The number of nitrogens with zero attached hydrogens (tertiary/aromatic N) is 1. The molecule has 0 aromatic rings. The maximum absolute atomic E-state index is 2.27. The largest absolute Gasteiger partial charge is 0.870 e. The quantitative estimate of drug-likeness (QED) is 0.435. The molecule has 4 heteroatoms. The summed E-state index contributed by atoms with van der Waals surface area (Å²) in [6, 6.07) is 0. The molecule has 0 radical (unpaired) electrons. The van der Waals surface area contributed by atoms with Gasteiger partial charge in [0.1, 0.15) is 0 Å². The van der Waals surface area contributed by atoms with Gasteiger partial charge in [0.05, 0.1) is 26.2 Å². The highest BCUT2D eigenvalue weighted by Gasteiger charge is 2.16. The molecule has 0 aromatic heterocycles. The third kappa shape index (κ3) is 6.21. The number of hydrogen-bond donors (Lipinski definition) is 0. The van der Waals surface area contributed by atoms with E-state index in [9.17, 15) is 0 Å². The van der Waals surface area contributed by atoms with Gasteiger partial charge < -0.3 is 9.96 Å². The molecule has 0 rings (SSSR count). The summed E-state index contributed by atoms with van der Waals surface area (Å²) in [4.78, 5) is 0. The van der Waals surface area contributed by atoms with Crippen molar-refractivity contribution in [3.8, 4) is 0 Å². The fourth-order valence-electron chi connectivity index (χ4n) is 1.34. The molecule has 0 atom stereocenters. The van der Waals surface area contributed by atoms with Crippen LogP contribution in [0.3, 0.4) is 0 Å².